The highest BCUT2D eigenvalue weighted by molar-refractivity contribution is 5.97. The van der Waals surface area contributed by atoms with Gasteiger partial charge in [0.05, 0.1) is 11.1 Å². The standard InChI is InChI=1S/C21H20F4N2O3/c1-2-12-7-14(22)10-16(8-12)30-18-4-3-13(21(23,24)25)9-17(18)20(29)27-15-5-6-26-19(28)11-15/h3-4,7-10,15H,2,5-6,11H2,1H3,(H,26,28)(H,27,29). The van der Waals surface area contributed by atoms with Gasteiger partial charge in [-0.05, 0) is 48.7 Å². The summed E-state index contributed by atoms with van der Waals surface area (Å²) in [6.45, 7) is 2.18. The molecular weight excluding hydrogens is 404 g/mol. The first-order chi connectivity index (χ1) is 14.2. The van der Waals surface area contributed by atoms with E-state index in [1.807, 2.05) is 6.92 Å². The zero-order valence-corrected chi connectivity index (χ0v) is 16.1. The third-order valence-electron chi connectivity index (χ3n) is 4.70. The van der Waals surface area contributed by atoms with Gasteiger partial charge in [0, 0.05) is 25.1 Å². The number of nitrogens with one attached hydrogen (secondary N) is 2. The summed E-state index contributed by atoms with van der Waals surface area (Å²) >= 11 is 0. The molecule has 1 fully saturated rings. The van der Waals surface area contributed by atoms with E-state index in [0.29, 0.717) is 31.0 Å². The molecular formula is C21H20F4N2O3. The molecule has 1 aliphatic heterocycles. The molecule has 1 unspecified atom stereocenters. The van der Waals surface area contributed by atoms with Crippen LogP contribution in [0.5, 0.6) is 11.5 Å². The summed E-state index contributed by atoms with van der Waals surface area (Å²) in [5.74, 6) is -1.69. The molecule has 2 aromatic rings. The fourth-order valence-electron chi connectivity index (χ4n) is 3.15. The summed E-state index contributed by atoms with van der Waals surface area (Å²) in [6, 6.07) is 5.96. The van der Waals surface area contributed by atoms with Crippen molar-refractivity contribution in [2.24, 2.45) is 0 Å². The van der Waals surface area contributed by atoms with Crippen molar-refractivity contribution in [3.8, 4) is 11.5 Å². The first kappa shape index (κ1) is 21.6. The molecule has 0 radical (unpaired) electrons. The molecule has 160 valence electrons. The Kier molecular flexibility index (Phi) is 6.28. The lowest BCUT2D eigenvalue weighted by Crippen LogP contribution is -2.45. The second-order valence-corrected chi connectivity index (χ2v) is 6.97. The second kappa shape index (κ2) is 8.73. The third-order valence-corrected chi connectivity index (χ3v) is 4.70. The number of aryl methyl sites for hydroxylation is 1. The minimum absolute atomic E-state index is 0.0324. The molecule has 0 saturated carbocycles. The van der Waals surface area contributed by atoms with Gasteiger partial charge in [0.2, 0.25) is 5.91 Å². The lowest BCUT2D eigenvalue weighted by molar-refractivity contribution is -0.137. The molecule has 1 heterocycles. The second-order valence-electron chi connectivity index (χ2n) is 6.97. The van der Waals surface area contributed by atoms with Gasteiger partial charge in [-0.3, -0.25) is 9.59 Å². The van der Waals surface area contributed by atoms with E-state index in [4.69, 9.17) is 4.74 Å². The van der Waals surface area contributed by atoms with Gasteiger partial charge in [0.1, 0.15) is 17.3 Å². The Morgan fingerprint density at radius 1 is 1.23 bits per heavy atom. The summed E-state index contributed by atoms with van der Waals surface area (Å²) in [4.78, 5) is 24.2. The first-order valence-electron chi connectivity index (χ1n) is 9.42. The van der Waals surface area contributed by atoms with Gasteiger partial charge >= 0.3 is 6.18 Å². The van der Waals surface area contributed by atoms with Gasteiger partial charge < -0.3 is 15.4 Å². The largest absolute Gasteiger partial charge is 0.456 e. The maximum absolute atomic E-state index is 13.8. The predicted molar refractivity (Wildman–Crippen MR) is 101 cm³/mol. The van der Waals surface area contributed by atoms with E-state index in [1.165, 1.54) is 6.07 Å². The molecule has 1 atom stereocenters. The SMILES string of the molecule is CCc1cc(F)cc(Oc2ccc(C(F)(F)F)cc2C(=O)NC2CCNC(=O)C2)c1. The molecule has 2 aromatic carbocycles. The van der Waals surface area contributed by atoms with Crippen LogP contribution in [0.1, 0.15) is 41.3 Å². The summed E-state index contributed by atoms with van der Waals surface area (Å²) in [6.07, 6.45) is -3.65. The van der Waals surface area contributed by atoms with Gasteiger partial charge in [-0.2, -0.15) is 13.2 Å². The zero-order valence-electron chi connectivity index (χ0n) is 16.1. The van der Waals surface area contributed by atoms with Gasteiger partial charge in [0.15, 0.2) is 0 Å². The third kappa shape index (κ3) is 5.28. The van der Waals surface area contributed by atoms with Crippen LogP contribution in [0.4, 0.5) is 17.6 Å². The highest BCUT2D eigenvalue weighted by Gasteiger charge is 2.32. The van der Waals surface area contributed by atoms with Crippen LogP contribution < -0.4 is 15.4 Å². The average Bonchev–Trinajstić information content (AvgIpc) is 2.67. The van der Waals surface area contributed by atoms with Crippen molar-refractivity contribution < 1.29 is 31.9 Å². The molecule has 30 heavy (non-hydrogen) atoms. The van der Waals surface area contributed by atoms with Crippen LogP contribution in [-0.2, 0) is 17.4 Å². The predicted octanol–water partition coefficient (Wildman–Crippen LogP) is 4.21. The number of carbonyl (C=O) groups is 2. The molecule has 0 aliphatic carbocycles. The van der Waals surface area contributed by atoms with Gasteiger partial charge in [-0.1, -0.05) is 6.92 Å². The molecule has 0 spiro atoms. The van der Waals surface area contributed by atoms with Crippen molar-refractivity contribution in [2.45, 2.75) is 38.4 Å². The summed E-state index contributed by atoms with van der Waals surface area (Å²) in [5, 5.41) is 5.20. The Morgan fingerprint density at radius 2 is 2.00 bits per heavy atom. The summed E-state index contributed by atoms with van der Waals surface area (Å²) in [7, 11) is 0. The van der Waals surface area contributed by atoms with E-state index in [9.17, 15) is 27.2 Å². The Hall–Kier alpha value is -3.10. The number of hydrogen-bond acceptors (Lipinski definition) is 3. The first-order valence-corrected chi connectivity index (χ1v) is 9.42. The summed E-state index contributed by atoms with van der Waals surface area (Å²) < 4.78 is 58.9. The average molecular weight is 424 g/mol. The van der Waals surface area contributed by atoms with Crippen LogP contribution in [0, 0.1) is 5.82 Å². The van der Waals surface area contributed by atoms with E-state index in [-0.39, 0.29) is 29.4 Å². The number of rotatable bonds is 5. The monoisotopic (exact) mass is 424 g/mol. The quantitative estimate of drug-likeness (QED) is 0.707. The van der Waals surface area contributed by atoms with Crippen LogP contribution in [0.3, 0.4) is 0 Å². The van der Waals surface area contributed by atoms with Gasteiger partial charge in [-0.25, -0.2) is 4.39 Å². The highest BCUT2D eigenvalue weighted by atomic mass is 19.4. The molecule has 1 saturated heterocycles. The maximum atomic E-state index is 13.8. The normalized spacial score (nSPS) is 16.7. The van der Waals surface area contributed by atoms with Crippen molar-refractivity contribution in [3.05, 3.63) is 58.9 Å². The van der Waals surface area contributed by atoms with E-state index in [0.717, 1.165) is 18.2 Å². The fraction of sp³-hybridized carbons (Fsp3) is 0.333. The van der Waals surface area contributed by atoms with Crippen LogP contribution in [0.25, 0.3) is 0 Å². The van der Waals surface area contributed by atoms with Crippen LogP contribution in [-0.4, -0.2) is 24.4 Å². The van der Waals surface area contributed by atoms with E-state index in [2.05, 4.69) is 10.6 Å². The molecule has 2 N–H and O–H groups in total. The lowest BCUT2D eigenvalue weighted by atomic mass is 10.0. The van der Waals surface area contributed by atoms with Crippen molar-refractivity contribution >= 4 is 11.8 Å². The van der Waals surface area contributed by atoms with Gasteiger partial charge in [-0.15, -0.1) is 0 Å². The van der Waals surface area contributed by atoms with E-state index in [1.54, 1.807) is 6.07 Å². The topological polar surface area (TPSA) is 67.4 Å². The molecule has 0 bridgehead atoms. The molecule has 3 rings (SSSR count). The van der Waals surface area contributed by atoms with Crippen molar-refractivity contribution in [1.29, 1.82) is 0 Å². The molecule has 1 aliphatic rings. The highest BCUT2D eigenvalue weighted by Crippen LogP contribution is 2.34. The van der Waals surface area contributed by atoms with Crippen molar-refractivity contribution in [2.75, 3.05) is 6.54 Å². The van der Waals surface area contributed by atoms with Crippen LogP contribution >= 0.6 is 0 Å². The Morgan fingerprint density at radius 3 is 2.67 bits per heavy atom. The fourth-order valence-corrected chi connectivity index (χ4v) is 3.15. The van der Waals surface area contributed by atoms with Crippen LogP contribution in [0.15, 0.2) is 36.4 Å². The lowest BCUT2D eigenvalue weighted by Gasteiger charge is -2.23. The number of hydrogen-bond donors (Lipinski definition) is 2. The molecule has 9 heteroatoms. The Labute approximate surface area is 170 Å². The number of carbonyl (C=O) groups excluding carboxylic acids is 2. The number of piperidine rings is 1. The van der Waals surface area contributed by atoms with E-state index >= 15 is 0 Å². The number of benzene rings is 2. The Balaban J connectivity index is 1.93. The number of ether oxygens (including phenoxy) is 1. The molecule has 2 amide bonds. The minimum atomic E-state index is -4.66. The van der Waals surface area contributed by atoms with Crippen molar-refractivity contribution in [3.63, 3.8) is 0 Å². The number of amides is 2. The van der Waals surface area contributed by atoms with E-state index < -0.39 is 29.5 Å². The number of alkyl halides is 3. The maximum Gasteiger partial charge on any atom is 0.416 e. The summed E-state index contributed by atoms with van der Waals surface area (Å²) in [5.41, 5.74) is -0.732. The van der Waals surface area contributed by atoms with Crippen LogP contribution in [0.2, 0.25) is 0 Å². The number of halogens is 4. The van der Waals surface area contributed by atoms with Crippen molar-refractivity contribution in [1.82, 2.24) is 10.6 Å². The minimum Gasteiger partial charge on any atom is -0.456 e. The molecule has 5 nitrogen and oxygen atoms in total. The Bertz CT molecular complexity index is 960. The zero-order chi connectivity index (χ0) is 21.9. The van der Waals surface area contributed by atoms with Gasteiger partial charge in [0.25, 0.3) is 5.91 Å². The smallest absolute Gasteiger partial charge is 0.416 e. The molecule has 0 aromatic heterocycles.